The molecule has 0 amide bonds. The maximum atomic E-state index is 2.47. The van der Waals surface area contributed by atoms with Crippen molar-refractivity contribution in [3.8, 4) is 39.1 Å². The second kappa shape index (κ2) is 15.8. The third-order valence-corrected chi connectivity index (χ3v) is 14.1. The Hall–Kier alpha value is -8.72. The van der Waals surface area contributed by atoms with Crippen molar-refractivity contribution >= 4 is 49.6 Å². The molecular weight excluding hydrogens is 809 g/mol. The summed E-state index contributed by atoms with van der Waals surface area (Å²) in [5.41, 5.74) is 18.6. The quantitative estimate of drug-likeness (QED) is 0.148. The Bertz CT molecular complexity index is 3750. The van der Waals surface area contributed by atoms with E-state index in [-0.39, 0.29) is 0 Å². The fourth-order valence-corrected chi connectivity index (χ4v) is 11.2. The molecule has 0 atom stereocenters. The lowest BCUT2D eigenvalue weighted by Gasteiger charge is -2.35. The summed E-state index contributed by atoms with van der Waals surface area (Å²) >= 11 is 0. The molecule has 2 nitrogen and oxygen atoms in total. The molecule has 0 unspecified atom stereocenters. The van der Waals surface area contributed by atoms with Crippen LogP contribution in [0.15, 0.2) is 267 Å². The molecular formula is C65H44N2. The molecule has 12 aromatic rings. The zero-order chi connectivity index (χ0) is 44.3. The molecule has 0 bridgehead atoms. The van der Waals surface area contributed by atoms with Gasteiger partial charge in [-0.15, -0.1) is 0 Å². The molecule has 1 aromatic heterocycles. The summed E-state index contributed by atoms with van der Waals surface area (Å²) in [6, 6.07) is 98.2. The highest BCUT2D eigenvalue weighted by molar-refractivity contribution is 6.11. The smallest absolute Gasteiger partial charge is 0.0714 e. The third-order valence-electron chi connectivity index (χ3n) is 14.1. The molecule has 0 radical (unpaired) electrons. The normalized spacial score (nSPS) is 12.6. The average Bonchev–Trinajstić information content (AvgIpc) is 3.89. The van der Waals surface area contributed by atoms with E-state index in [1.165, 1.54) is 82.7 Å². The van der Waals surface area contributed by atoms with E-state index in [4.69, 9.17) is 0 Å². The van der Waals surface area contributed by atoms with Crippen LogP contribution in [0.25, 0.3) is 71.6 Å². The number of rotatable bonds is 8. The van der Waals surface area contributed by atoms with Gasteiger partial charge in [0.2, 0.25) is 0 Å². The number of hydrogen-bond donors (Lipinski definition) is 0. The lowest BCUT2D eigenvalue weighted by molar-refractivity contribution is 0.768. The molecule has 0 aliphatic heterocycles. The molecule has 1 aliphatic carbocycles. The van der Waals surface area contributed by atoms with Crippen molar-refractivity contribution in [2.45, 2.75) is 5.41 Å². The van der Waals surface area contributed by atoms with E-state index in [0.29, 0.717) is 0 Å². The minimum absolute atomic E-state index is 0.536. The summed E-state index contributed by atoms with van der Waals surface area (Å²) in [7, 11) is 0. The summed E-state index contributed by atoms with van der Waals surface area (Å²) in [5.74, 6) is 0. The van der Waals surface area contributed by atoms with Crippen molar-refractivity contribution < 1.29 is 0 Å². The van der Waals surface area contributed by atoms with Crippen LogP contribution in [0.4, 0.5) is 17.1 Å². The van der Waals surface area contributed by atoms with Gasteiger partial charge in [-0.05, 0) is 109 Å². The predicted octanol–water partition coefficient (Wildman–Crippen LogP) is 17.1. The van der Waals surface area contributed by atoms with Crippen LogP contribution in [0.2, 0.25) is 0 Å². The number of benzene rings is 11. The van der Waals surface area contributed by atoms with E-state index in [2.05, 4.69) is 276 Å². The number of fused-ring (bicyclic) bond motifs is 7. The number of nitrogens with zero attached hydrogens (tertiary/aromatic N) is 2. The zero-order valence-electron chi connectivity index (χ0n) is 36.8. The molecule has 314 valence electrons. The SMILES string of the molecule is c1ccc(-c2ccccc2-n2c3ccccc3c3ccc(N(c4ccc(-c5cccc6ccccc56)cc4)c4ccc5c(c4)C(c4ccccc4)(c4ccccc4)c4ccccc4-5)cc32)cc1. The summed E-state index contributed by atoms with van der Waals surface area (Å²) in [6.45, 7) is 0. The van der Waals surface area contributed by atoms with Crippen molar-refractivity contribution in [3.05, 3.63) is 289 Å². The van der Waals surface area contributed by atoms with Gasteiger partial charge in [0.25, 0.3) is 0 Å². The van der Waals surface area contributed by atoms with Crippen molar-refractivity contribution in [2.75, 3.05) is 4.90 Å². The second-order valence-electron chi connectivity index (χ2n) is 17.6. The maximum Gasteiger partial charge on any atom is 0.0714 e. The highest BCUT2D eigenvalue weighted by atomic mass is 15.1. The summed E-state index contributed by atoms with van der Waals surface area (Å²) < 4.78 is 2.47. The van der Waals surface area contributed by atoms with Gasteiger partial charge in [0.05, 0.1) is 22.1 Å². The molecule has 0 saturated carbocycles. The van der Waals surface area contributed by atoms with Gasteiger partial charge in [0, 0.05) is 33.4 Å². The molecule has 1 aliphatic rings. The van der Waals surface area contributed by atoms with E-state index in [1.54, 1.807) is 0 Å². The minimum Gasteiger partial charge on any atom is -0.310 e. The summed E-state index contributed by atoms with van der Waals surface area (Å²) in [5, 5.41) is 4.93. The van der Waals surface area contributed by atoms with E-state index in [0.717, 1.165) is 28.3 Å². The zero-order valence-corrected chi connectivity index (χ0v) is 36.8. The predicted molar refractivity (Wildman–Crippen MR) is 281 cm³/mol. The standard InChI is InChI=1S/C65H44N2/c1-4-19-46(20-5-1)55-28-13-16-33-62(55)67-63-34-17-14-30-58(63)59-42-40-52(44-64(59)67)66(50-37-35-47(36-38-50)54-31-18-22-45-21-10-11-27-53(45)54)51-39-41-57-56-29-12-15-32-60(56)65(61(57)43-51,48-23-6-2-7-24-48)49-25-8-3-9-26-49/h1-44H. The number of hydrogen-bond acceptors (Lipinski definition) is 1. The van der Waals surface area contributed by atoms with Gasteiger partial charge < -0.3 is 9.47 Å². The van der Waals surface area contributed by atoms with Crippen molar-refractivity contribution in [1.29, 1.82) is 0 Å². The molecule has 11 aromatic carbocycles. The molecule has 2 heteroatoms. The van der Waals surface area contributed by atoms with Gasteiger partial charge >= 0.3 is 0 Å². The highest BCUT2D eigenvalue weighted by Crippen LogP contribution is 2.57. The Morgan fingerprint density at radius 2 is 0.821 bits per heavy atom. The van der Waals surface area contributed by atoms with Gasteiger partial charge in [0.1, 0.15) is 0 Å². The van der Waals surface area contributed by atoms with Gasteiger partial charge in [-0.3, -0.25) is 0 Å². The van der Waals surface area contributed by atoms with Crippen LogP contribution < -0.4 is 4.90 Å². The van der Waals surface area contributed by atoms with Crippen LogP contribution in [0.5, 0.6) is 0 Å². The molecule has 0 N–H and O–H groups in total. The number of anilines is 3. The van der Waals surface area contributed by atoms with Crippen LogP contribution >= 0.6 is 0 Å². The van der Waals surface area contributed by atoms with Crippen LogP contribution in [0.1, 0.15) is 22.3 Å². The molecule has 0 spiro atoms. The van der Waals surface area contributed by atoms with Crippen molar-refractivity contribution in [2.24, 2.45) is 0 Å². The fraction of sp³-hybridized carbons (Fsp3) is 0.0154. The topological polar surface area (TPSA) is 8.17 Å². The third kappa shape index (κ3) is 6.11. The maximum absolute atomic E-state index is 2.47. The molecule has 67 heavy (non-hydrogen) atoms. The molecule has 1 heterocycles. The first-order chi connectivity index (χ1) is 33.3. The molecule has 13 rings (SSSR count). The van der Waals surface area contributed by atoms with Crippen LogP contribution in [0.3, 0.4) is 0 Å². The van der Waals surface area contributed by atoms with Gasteiger partial charge in [-0.1, -0.05) is 218 Å². The van der Waals surface area contributed by atoms with Crippen LogP contribution in [-0.4, -0.2) is 4.57 Å². The highest BCUT2D eigenvalue weighted by Gasteiger charge is 2.46. The Morgan fingerprint density at radius 3 is 1.60 bits per heavy atom. The average molecular weight is 853 g/mol. The van der Waals surface area contributed by atoms with Gasteiger partial charge in [0.15, 0.2) is 0 Å². The monoisotopic (exact) mass is 852 g/mol. The first-order valence-corrected chi connectivity index (χ1v) is 23.2. The number of para-hydroxylation sites is 2. The summed E-state index contributed by atoms with van der Waals surface area (Å²) in [6.07, 6.45) is 0. The van der Waals surface area contributed by atoms with Crippen molar-refractivity contribution in [3.63, 3.8) is 0 Å². The van der Waals surface area contributed by atoms with E-state index in [1.807, 2.05) is 0 Å². The van der Waals surface area contributed by atoms with Gasteiger partial charge in [-0.2, -0.15) is 0 Å². The summed E-state index contributed by atoms with van der Waals surface area (Å²) in [4.78, 5) is 2.46. The minimum atomic E-state index is -0.536. The Morgan fingerprint density at radius 1 is 0.299 bits per heavy atom. The first kappa shape index (κ1) is 38.7. The van der Waals surface area contributed by atoms with Gasteiger partial charge in [-0.25, -0.2) is 0 Å². The number of aromatic nitrogens is 1. The van der Waals surface area contributed by atoms with Crippen molar-refractivity contribution in [1.82, 2.24) is 4.57 Å². The van der Waals surface area contributed by atoms with E-state index < -0.39 is 5.41 Å². The fourth-order valence-electron chi connectivity index (χ4n) is 11.2. The first-order valence-electron chi connectivity index (χ1n) is 23.2. The lowest BCUT2D eigenvalue weighted by atomic mass is 9.67. The van der Waals surface area contributed by atoms with Crippen LogP contribution in [-0.2, 0) is 5.41 Å². The molecule has 0 fully saturated rings. The van der Waals surface area contributed by atoms with E-state index >= 15 is 0 Å². The largest absolute Gasteiger partial charge is 0.310 e. The Labute approximate surface area is 390 Å². The second-order valence-corrected chi connectivity index (χ2v) is 17.6. The van der Waals surface area contributed by atoms with Crippen LogP contribution in [0, 0.1) is 0 Å². The Balaban J connectivity index is 1.07. The molecule has 0 saturated heterocycles. The Kier molecular flexibility index (Phi) is 9.11. The lowest BCUT2D eigenvalue weighted by Crippen LogP contribution is -2.28. The van der Waals surface area contributed by atoms with E-state index in [9.17, 15) is 0 Å².